The van der Waals surface area contributed by atoms with E-state index >= 15 is 0 Å². The fourth-order valence-electron chi connectivity index (χ4n) is 1.57. The van der Waals surface area contributed by atoms with Gasteiger partial charge in [-0.25, -0.2) is 18.6 Å². The number of aliphatic carboxylic acids is 1. The van der Waals surface area contributed by atoms with Gasteiger partial charge in [-0.1, -0.05) is 5.10 Å². The zero-order valence-corrected chi connectivity index (χ0v) is 12.0. The molecule has 0 aliphatic carbocycles. The molecule has 1 aromatic heterocycles. The Hall–Kier alpha value is -2.52. The third kappa shape index (κ3) is 4.24. The van der Waals surface area contributed by atoms with Gasteiger partial charge >= 0.3 is 5.97 Å². The zero-order chi connectivity index (χ0) is 16.2. The molecule has 1 aliphatic heterocycles. The van der Waals surface area contributed by atoms with Crippen LogP contribution in [0.15, 0.2) is 5.10 Å². The van der Waals surface area contributed by atoms with Crippen LogP contribution in [-0.2, 0) is 20.7 Å². The van der Waals surface area contributed by atoms with Crippen LogP contribution in [0.3, 0.4) is 0 Å². The molecule has 0 saturated heterocycles. The Morgan fingerprint density at radius 1 is 1.50 bits per heavy atom. The van der Waals surface area contributed by atoms with Crippen LogP contribution in [0.1, 0.15) is 0 Å². The van der Waals surface area contributed by atoms with Crippen molar-refractivity contribution in [2.45, 2.75) is 5.88 Å². The number of sulfonamides is 1. The summed E-state index contributed by atoms with van der Waals surface area (Å²) in [6.07, 6.45) is 1.42. The highest BCUT2D eigenvalue weighted by atomic mass is 32.2. The first kappa shape index (κ1) is 15.9. The third-order valence-electron chi connectivity index (χ3n) is 2.40. The molecule has 2 heterocycles. The number of aromatic nitrogens is 4. The second kappa shape index (κ2) is 6.50. The average Bonchev–Trinajstić information content (AvgIpc) is 3.00. The number of rotatable bonds is 8. The molecule has 0 unspecified atom stereocenters. The summed E-state index contributed by atoms with van der Waals surface area (Å²) in [4.78, 5) is 10.4. The van der Waals surface area contributed by atoms with E-state index in [1.165, 1.54) is 16.5 Å². The summed E-state index contributed by atoms with van der Waals surface area (Å²) in [6, 6.07) is 0. The van der Waals surface area contributed by atoms with Gasteiger partial charge < -0.3 is 10.4 Å². The highest BCUT2D eigenvalue weighted by Gasteiger charge is 2.25. The Balaban J connectivity index is 1.99. The SMILES string of the molecule is NS(=O)(=O)Cn1nnnc1N1NN=CN1CCNCC(=O)O. The molecule has 0 saturated carbocycles. The van der Waals surface area contributed by atoms with E-state index in [2.05, 4.69) is 31.5 Å². The quantitative estimate of drug-likeness (QED) is 0.340. The van der Waals surface area contributed by atoms with E-state index in [4.69, 9.17) is 10.2 Å². The van der Waals surface area contributed by atoms with Crippen LogP contribution in [0.4, 0.5) is 5.95 Å². The molecular weight excluding hydrogens is 320 g/mol. The van der Waals surface area contributed by atoms with Crippen LogP contribution in [0.25, 0.3) is 0 Å². The zero-order valence-electron chi connectivity index (χ0n) is 11.2. The van der Waals surface area contributed by atoms with Gasteiger partial charge in [0.1, 0.15) is 6.34 Å². The number of hydrazone groups is 1. The van der Waals surface area contributed by atoms with E-state index in [9.17, 15) is 13.2 Å². The van der Waals surface area contributed by atoms with E-state index < -0.39 is 21.9 Å². The molecule has 1 aromatic rings. The Bertz CT molecular complexity index is 656. The highest BCUT2D eigenvalue weighted by Crippen LogP contribution is 2.11. The van der Waals surface area contributed by atoms with Gasteiger partial charge in [-0.2, -0.15) is 10.2 Å². The number of carbonyl (C=O) groups is 1. The number of anilines is 1. The smallest absolute Gasteiger partial charge is 0.317 e. The van der Waals surface area contributed by atoms with E-state index in [0.717, 1.165) is 4.68 Å². The molecule has 5 N–H and O–H groups in total. The summed E-state index contributed by atoms with van der Waals surface area (Å²) >= 11 is 0. The summed E-state index contributed by atoms with van der Waals surface area (Å²) in [5, 5.41) is 33.4. The lowest BCUT2D eigenvalue weighted by Gasteiger charge is -2.26. The van der Waals surface area contributed by atoms with Crippen molar-refractivity contribution in [2.75, 3.05) is 24.8 Å². The topological polar surface area (TPSA) is 184 Å². The lowest BCUT2D eigenvalue weighted by Crippen LogP contribution is -2.47. The minimum Gasteiger partial charge on any atom is -0.480 e. The summed E-state index contributed by atoms with van der Waals surface area (Å²) < 4.78 is 23.2. The maximum Gasteiger partial charge on any atom is 0.317 e. The number of hydrogen-bond donors (Lipinski definition) is 4. The van der Waals surface area contributed by atoms with Crippen molar-refractivity contribution in [1.82, 2.24) is 36.1 Å². The van der Waals surface area contributed by atoms with Gasteiger partial charge in [-0.05, 0) is 10.4 Å². The normalized spacial score (nSPS) is 14.4. The van der Waals surface area contributed by atoms with Crippen molar-refractivity contribution in [3.8, 4) is 0 Å². The van der Waals surface area contributed by atoms with Crippen molar-refractivity contribution < 1.29 is 18.3 Å². The van der Waals surface area contributed by atoms with Crippen molar-refractivity contribution >= 4 is 28.3 Å². The van der Waals surface area contributed by atoms with E-state index in [1.807, 2.05) is 0 Å². The fraction of sp³-hybridized carbons (Fsp3) is 0.571. The molecule has 0 aromatic carbocycles. The molecule has 15 heteroatoms. The second-order valence-electron chi connectivity index (χ2n) is 4.16. The van der Waals surface area contributed by atoms with Gasteiger partial charge in [-0.3, -0.25) is 4.79 Å². The van der Waals surface area contributed by atoms with Crippen molar-refractivity contribution in [3.63, 3.8) is 0 Å². The Morgan fingerprint density at radius 3 is 2.95 bits per heavy atom. The number of tetrazole rings is 1. The molecule has 14 nitrogen and oxygen atoms in total. The summed E-state index contributed by atoms with van der Waals surface area (Å²) in [5.74, 6) is -1.51. The number of carboxylic acid groups (broad SMARTS) is 1. The fourth-order valence-corrected chi connectivity index (χ4v) is 2.08. The lowest BCUT2D eigenvalue weighted by atomic mass is 10.5. The predicted molar refractivity (Wildman–Crippen MR) is 72.2 cm³/mol. The van der Waals surface area contributed by atoms with Gasteiger partial charge in [0.2, 0.25) is 10.0 Å². The van der Waals surface area contributed by atoms with Crippen LogP contribution in [0, 0.1) is 0 Å². The van der Waals surface area contributed by atoms with Crippen LogP contribution in [0.5, 0.6) is 0 Å². The molecule has 122 valence electrons. The summed E-state index contributed by atoms with van der Waals surface area (Å²) in [5.41, 5.74) is 2.57. The molecule has 2 rings (SSSR count). The molecule has 1 aliphatic rings. The molecule has 0 radical (unpaired) electrons. The van der Waals surface area contributed by atoms with Crippen LogP contribution in [0.2, 0.25) is 0 Å². The second-order valence-corrected chi connectivity index (χ2v) is 5.74. The first-order valence-corrected chi connectivity index (χ1v) is 7.63. The van der Waals surface area contributed by atoms with Crippen molar-refractivity contribution in [2.24, 2.45) is 10.2 Å². The number of hydrogen-bond acceptors (Lipinski definition) is 11. The monoisotopic (exact) mass is 334 g/mol. The molecular formula is C7H14N10O4S. The molecule has 0 bridgehead atoms. The summed E-state index contributed by atoms with van der Waals surface area (Å²) in [6.45, 7) is 0.501. The van der Waals surface area contributed by atoms with Gasteiger partial charge in [-0.15, -0.1) is 10.2 Å². The number of nitrogens with zero attached hydrogens (tertiary/aromatic N) is 7. The maximum absolute atomic E-state index is 11.1. The molecule has 0 amide bonds. The minimum atomic E-state index is -3.82. The largest absolute Gasteiger partial charge is 0.480 e. The number of carboxylic acids is 1. The van der Waals surface area contributed by atoms with Crippen LogP contribution in [-0.4, -0.2) is 70.7 Å². The highest BCUT2D eigenvalue weighted by molar-refractivity contribution is 7.88. The first-order valence-electron chi connectivity index (χ1n) is 5.91. The van der Waals surface area contributed by atoms with Gasteiger partial charge in [0.05, 0.1) is 13.1 Å². The van der Waals surface area contributed by atoms with Gasteiger partial charge in [0, 0.05) is 6.54 Å². The van der Waals surface area contributed by atoms with Crippen molar-refractivity contribution in [3.05, 3.63) is 0 Å². The number of primary sulfonamides is 1. The summed E-state index contributed by atoms with van der Waals surface area (Å²) in [7, 11) is -3.82. The third-order valence-corrected chi connectivity index (χ3v) is 3.00. The molecule has 0 spiro atoms. The number of hydrazine groups is 2. The Morgan fingerprint density at radius 2 is 2.27 bits per heavy atom. The average molecular weight is 334 g/mol. The van der Waals surface area contributed by atoms with E-state index in [0.29, 0.717) is 13.1 Å². The molecule has 0 atom stereocenters. The molecule has 22 heavy (non-hydrogen) atoms. The first-order chi connectivity index (χ1) is 10.4. The minimum absolute atomic E-state index is 0.0600. The number of nitrogens with two attached hydrogens (primary N) is 1. The lowest BCUT2D eigenvalue weighted by molar-refractivity contribution is -0.135. The van der Waals surface area contributed by atoms with E-state index in [-0.39, 0.29) is 12.5 Å². The predicted octanol–water partition coefficient (Wildman–Crippen LogP) is -3.92. The standard InChI is InChI=1S/C7H14N10O4S/c8-22(20,21)5-16-7(11-12-14-16)17-13-10-4-15(17)2-1-9-3-6(18)19/h4,9,13H,1-3,5H2,(H,18,19)(H2,8,20,21). The van der Waals surface area contributed by atoms with Gasteiger partial charge in [0.15, 0.2) is 5.88 Å². The maximum atomic E-state index is 11.1. The van der Waals surface area contributed by atoms with Crippen molar-refractivity contribution in [1.29, 1.82) is 0 Å². The van der Waals surface area contributed by atoms with Gasteiger partial charge in [0.25, 0.3) is 5.95 Å². The Kier molecular flexibility index (Phi) is 4.68. The van der Waals surface area contributed by atoms with E-state index in [1.54, 1.807) is 0 Å². The Labute approximate surface area is 124 Å². The molecule has 0 fully saturated rings. The van der Waals surface area contributed by atoms with Crippen LogP contribution >= 0.6 is 0 Å². The number of nitrogens with one attached hydrogen (secondary N) is 2. The van der Waals surface area contributed by atoms with Crippen LogP contribution < -0.4 is 21.1 Å².